The Labute approximate surface area is 159 Å². The van der Waals surface area contributed by atoms with Gasteiger partial charge in [0.1, 0.15) is 0 Å². The maximum Gasteiger partial charge on any atom is 0.191 e. The van der Waals surface area contributed by atoms with Crippen LogP contribution in [0.15, 0.2) is 4.99 Å². The van der Waals surface area contributed by atoms with Crippen LogP contribution >= 0.6 is 24.0 Å². The van der Waals surface area contributed by atoms with E-state index in [1.54, 1.807) is 0 Å². The Morgan fingerprint density at radius 1 is 1.00 bits per heavy atom. The molecule has 7 heteroatoms. The fourth-order valence-electron chi connectivity index (χ4n) is 1.64. The molecule has 23 heavy (non-hydrogen) atoms. The smallest absolute Gasteiger partial charge is 0.191 e. The van der Waals surface area contributed by atoms with E-state index in [2.05, 4.69) is 48.3 Å². The Kier molecular flexibility index (Phi) is 21.8. The summed E-state index contributed by atoms with van der Waals surface area (Å²) in [7, 11) is 2.10. The average molecular weight is 444 g/mol. The summed E-state index contributed by atoms with van der Waals surface area (Å²) >= 11 is 0. The molecule has 0 bridgehead atoms. The van der Waals surface area contributed by atoms with Crippen molar-refractivity contribution in [3.63, 3.8) is 0 Å². The summed E-state index contributed by atoms with van der Waals surface area (Å²) in [5, 5.41) is 6.52. The zero-order valence-corrected chi connectivity index (χ0v) is 17.7. The van der Waals surface area contributed by atoms with E-state index in [-0.39, 0.29) is 24.0 Å². The lowest BCUT2D eigenvalue weighted by atomic mass is 10.4. The number of rotatable bonds is 14. The lowest BCUT2D eigenvalue weighted by Crippen LogP contribution is -2.39. The van der Waals surface area contributed by atoms with Crippen LogP contribution in [0.1, 0.15) is 33.6 Å². The van der Waals surface area contributed by atoms with Gasteiger partial charge < -0.3 is 25.0 Å². The van der Waals surface area contributed by atoms with Crippen molar-refractivity contribution in [2.45, 2.75) is 33.6 Å². The maximum atomic E-state index is 5.52. The Hall–Kier alpha value is -0.120. The van der Waals surface area contributed by atoms with Crippen molar-refractivity contribution >= 4 is 29.9 Å². The van der Waals surface area contributed by atoms with E-state index >= 15 is 0 Å². The average Bonchev–Trinajstić information content (AvgIpc) is 2.53. The summed E-state index contributed by atoms with van der Waals surface area (Å²) in [5.74, 6) is 0.856. The van der Waals surface area contributed by atoms with Gasteiger partial charge >= 0.3 is 0 Å². The first kappa shape index (κ1) is 25.1. The van der Waals surface area contributed by atoms with Gasteiger partial charge in [-0.15, -0.1) is 24.0 Å². The number of unbranched alkanes of at least 4 members (excludes halogenated alkanes) is 1. The highest BCUT2D eigenvalue weighted by Gasteiger charge is 1.98. The molecule has 0 saturated carbocycles. The molecule has 0 amide bonds. The lowest BCUT2D eigenvalue weighted by Gasteiger charge is -2.14. The van der Waals surface area contributed by atoms with Crippen LogP contribution in [0.3, 0.4) is 0 Å². The van der Waals surface area contributed by atoms with Gasteiger partial charge in [-0.05, 0) is 26.9 Å². The zero-order valence-electron chi connectivity index (χ0n) is 15.4. The predicted octanol–water partition coefficient (Wildman–Crippen LogP) is 1.94. The minimum Gasteiger partial charge on any atom is -0.379 e. The minimum absolute atomic E-state index is 0. The molecule has 140 valence electrons. The summed E-state index contributed by atoms with van der Waals surface area (Å²) < 4.78 is 11.0. The Bertz CT molecular complexity index is 268. The summed E-state index contributed by atoms with van der Waals surface area (Å²) in [5.41, 5.74) is 0. The van der Waals surface area contributed by atoms with Gasteiger partial charge in [-0.3, -0.25) is 4.99 Å². The number of nitrogens with zero attached hydrogens (tertiary/aromatic N) is 2. The third-order valence-corrected chi connectivity index (χ3v) is 3.19. The van der Waals surface area contributed by atoms with Crippen LogP contribution in [0.25, 0.3) is 0 Å². The largest absolute Gasteiger partial charge is 0.379 e. The van der Waals surface area contributed by atoms with Crippen molar-refractivity contribution in [1.29, 1.82) is 0 Å². The molecule has 6 nitrogen and oxygen atoms in total. The maximum absolute atomic E-state index is 5.52. The van der Waals surface area contributed by atoms with Crippen LogP contribution in [0.5, 0.6) is 0 Å². The molecule has 0 spiro atoms. The standard InChI is InChI=1S/C16H36N4O2.HI/c1-5-8-12-21-14-15-22-13-10-19-16(17-6-2)18-9-11-20(4)7-3;/h5-15H2,1-4H3,(H2,17,18,19);1H. The highest BCUT2D eigenvalue weighted by atomic mass is 127. The number of ether oxygens (including phenoxy) is 2. The molecule has 0 radical (unpaired) electrons. The molecule has 0 aliphatic carbocycles. The molecule has 2 N–H and O–H groups in total. The fraction of sp³-hybridized carbons (Fsp3) is 0.938. The number of likely N-dealkylation sites (N-methyl/N-ethyl adjacent to an activating group) is 1. The first-order chi connectivity index (χ1) is 10.7. The normalized spacial score (nSPS) is 11.4. The van der Waals surface area contributed by atoms with Gasteiger partial charge in [0.15, 0.2) is 5.96 Å². The van der Waals surface area contributed by atoms with Crippen molar-refractivity contribution < 1.29 is 9.47 Å². The molecule has 0 fully saturated rings. The molecule has 0 aromatic heterocycles. The van der Waals surface area contributed by atoms with Crippen molar-refractivity contribution in [1.82, 2.24) is 15.5 Å². The Morgan fingerprint density at radius 2 is 1.70 bits per heavy atom. The molecule has 0 rings (SSSR count). The highest BCUT2D eigenvalue weighted by molar-refractivity contribution is 14.0. The number of guanidine groups is 1. The first-order valence-electron chi connectivity index (χ1n) is 8.60. The van der Waals surface area contributed by atoms with Gasteiger partial charge in [0.25, 0.3) is 0 Å². The van der Waals surface area contributed by atoms with Crippen molar-refractivity contribution in [3.05, 3.63) is 0 Å². The molecule has 0 heterocycles. The fourth-order valence-corrected chi connectivity index (χ4v) is 1.64. The molecular weight excluding hydrogens is 407 g/mol. The van der Waals surface area contributed by atoms with E-state index in [1.807, 2.05) is 0 Å². The predicted molar refractivity (Wildman–Crippen MR) is 109 cm³/mol. The van der Waals surface area contributed by atoms with Gasteiger partial charge in [0.05, 0.1) is 26.4 Å². The van der Waals surface area contributed by atoms with E-state index in [4.69, 9.17) is 9.47 Å². The lowest BCUT2D eigenvalue weighted by molar-refractivity contribution is 0.0487. The molecule has 0 aromatic carbocycles. The number of halogens is 1. The second-order valence-electron chi connectivity index (χ2n) is 5.16. The molecule has 0 aromatic rings. The number of hydrogen-bond acceptors (Lipinski definition) is 4. The molecule has 0 aliphatic rings. The second-order valence-corrected chi connectivity index (χ2v) is 5.16. The van der Waals surface area contributed by atoms with Gasteiger partial charge in [-0.25, -0.2) is 0 Å². The topological polar surface area (TPSA) is 58.1 Å². The van der Waals surface area contributed by atoms with Crippen LogP contribution in [0.4, 0.5) is 0 Å². The van der Waals surface area contributed by atoms with E-state index in [9.17, 15) is 0 Å². The zero-order chi connectivity index (χ0) is 16.5. The second kappa shape index (κ2) is 19.9. The van der Waals surface area contributed by atoms with Crippen molar-refractivity contribution in [3.8, 4) is 0 Å². The van der Waals surface area contributed by atoms with E-state index in [0.717, 1.165) is 51.7 Å². The Morgan fingerprint density at radius 3 is 2.30 bits per heavy atom. The quantitative estimate of drug-likeness (QED) is 0.186. The summed E-state index contributed by atoms with van der Waals surface area (Å²) in [6.07, 6.45) is 2.29. The van der Waals surface area contributed by atoms with E-state index in [0.29, 0.717) is 19.8 Å². The van der Waals surface area contributed by atoms with E-state index in [1.165, 1.54) is 6.42 Å². The summed E-state index contributed by atoms with van der Waals surface area (Å²) in [6, 6.07) is 0. The van der Waals surface area contributed by atoms with Gasteiger partial charge in [-0.1, -0.05) is 20.3 Å². The number of hydrogen-bond donors (Lipinski definition) is 2. The molecular formula is C16H37IN4O2. The third kappa shape index (κ3) is 18.1. The number of aliphatic imine (C=N–C) groups is 1. The van der Waals surface area contributed by atoms with Gasteiger partial charge in [-0.2, -0.15) is 0 Å². The van der Waals surface area contributed by atoms with Crippen LogP contribution < -0.4 is 10.6 Å². The molecule has 0 saturated heterocycles. The van der Waals surface area contributed by atoms with Gasteiger partial charge in [0.2, 0.25) is 0 Å². The van der Waals surface area contributed by atoms with Crippen LogP contribution in [0.2, 0.25) is 0 Å². The van der Waals surface area contributed by atoms with E-state index < -0.39 is 0 Å². The van der Waals surface area contributed by atoms with Crippen LogP contribution in [-0.4, -0.2) is 77.1 Å². The minimum atomic E-state index is 0. The monoisotopic (exact) mass is 444 g/mol. The summed E-state index contributed by atoms with van der Waals surface area (Å²) in [6.45, 7) is 13.6. The Balaban J connectivity index is 0. The van der Waals surface area contributed by atoms with Crippen molar-refractivity contribution in [2.75, 3.05) is 66.2 Å². The van der Waals surface area contributed by atoms with Gasteiger partial charge in [0, 0.05) is 26.2 Å². The third-order valence-electron chi connectivity index (χ3n) is 3.19. The van der Waals surface area contributed by atoms with Crippen LogP contribution in [-0.2, 0) is 9.47 Å². The first-order valence-corrected chi connectivity index (χ1v) is 8.60. The molecule has 0 atom stereocenters. The van der Waals surface area contributed by atoms with Crippen molar-refractivity contribution in [2.24, 2.45) is 4.99 Å². The summed E-state index contributed by atoms with van der Waals surface area (Å²) in [4.78, 5) is 6.79. The SMILES string of the molecule is CCCCOCCOCCNC(=NCCN(C)CC)NCC.I. The molecule has 0 aliphatic heterocycles. The number of nitrogens with one attached hydrogen (secondary N) is 2. The molecule has 0 unspecified atom stereocenters. The van der Waals surface area contributed by atoms with Crippen LogP contribution in [0, 0.1) is 0 Å². The highest BCUT2D eigenvalue weighted by Crippen LogP contribution is 1.87.